The van der Waals surface area contributed by atoms with Crippen LogP contribution in [-0.2, 0) is 21.7 Å². The average Bonchev–Trinajstić information content (AvgIpc) is 4.01. The second kappa shape index (κ2) is 33.0. The Morgan fingerprint density at radius 3 is 0.756 bits per heavy atom. The highest BCUT2D eigenvalue weighted by Crippen LogP contribution is 2.51. The summed E-state index contributed by atoms with van der Waals surface area (Å²) in [5.74, 6) is 5.89. The van der Waals surface area contributed by atoms with Crippen molar-refractivity contribution in [1.82, 2.24) is 0 Å². The van der Waals surface area contributed by atoms with Gasteiger partial charge in [-0.15, -0.1) is 0 Å². The van der Waals surface area contributed by atoms with E-state index in [2.05, 4.69) is 264 Å². The molecule has 3 fully saturated rings. The van der Waals surface area contributed by atoms with E-state index < -0.39 is 0 Å². The number of benzene rings is 4. The fourth-order valence-electron chi connectivity index (χ4n) is 13.8. The van der Waals surface area contributed by atoms with Crippen molar-refractivity contribution in [2.75, 3.05) is 0 Å². The Morgan fingerprint density at radius 2 is 0.524 bits per heavy atom. The van der Waals surface area contributed by atoms with Gasteiger partial charge in [0.05, 0.1) is 14.3 Å². The van der Waals surface area contributed by atoms with E-state index in [-0.39, 0.29) is 10.8 Å². The summed E-state index contributed by atoms with van der Waals surface area (Å²) in [6.45, 7) is 40.6. The van der Waals surface area contributed by atoms with Crippen molar-refractivity contribution >= 4 is 90.4 Å². The van der Waals surface area contributed by atoms with Gasteiger partial charge in [-0.2, -0.15) is 0 Å². The lowest BCUT2D eigenvalue weighted by Crippen LogP contribution is -2.34. The van der Waals surface area contributed by atoms with E-state index in [1.165, 1.54) is 151 Å². The number of rotatable bonds is 12. The number of hydrogen-bond acceptors (Lipinski definition) is 4. The highest BCUT2D eigenvalue weighted by Gasteiger charge is 2.41. The molecule has 8 heteroatoms. The molecule has 4 aromatic rings. The predicted molar refractivity (Wildman–Crippen MR) is 389 cm³/mol. The smallest absolute Gasteiger partial charge is 0.132 e. The molecule has 0 aliphatic heterocycles. The van der Waals surface area contributed by atoms with Crippen molar-refractivity contribution in [2.24, 2.45) is 23.7 Å². The van der Waals surface area contributed by atoms with Gasteiger partial charge in [0.1, 0.15) is 23.0 Å². The number of halogens is 4. The zero-order chi connectivity index (χ0) is 61.7. The highest BCUT2D eigenvalue weighted by atomic mass is 127. The average molecular weight is 1580 g/mol. The summed E-state index contributed by atoms with van der Waals surface area (Å²) in [7, 11) is 0. The lowest BCUT2D eigenvalue weighted by atomic mass is 9.63. The Morgan fingerprint density at radius 1 is 0.317 bits per heavy atom. The van der Waals surface area contributed by atoms with Gasteiger partial charge in [0.25, 0.3) is 0 Å². The van der Waals surface area contributed by atoms with E-state index in [1.54, 1.807) is 0 Å². The highest BCUT2D eigenvalue weighted by molar-refractivity contribution is 14.1. The SMILES string of the molecule is CC(C)c1cc(C(C)(C)C(C)C)cc(I)c1O.CC(C)c1cc(C2(C(C)C)CCCC2)cc(I)c1O.CC(C)c1cc(C2(C(C)C)CCCCC2)cc(I)c1O.CC(C)c1cc(C2(C(C)C)CCCCCCCCCCC2)cc(I)c1O. The number of hydrogen-bond donors (Lipinski definition) is 4. The summed E-state index contributed by atoms with van der Waals surface area (Å²) < 4.78 is 3.99. The molecule has 4 aromatic carbocycles. The van der Waals surface area contributed by atoms with Gasteiger partial charge in [-0.3, -0.25) is 0 Å². The van der Waals surface area contributed by atoms with Crippen molar-refractivity contribution in [1.29, 1.82) is 0 Å². The van der Waals surface area contributed by atoms with E-state index in [4.69, 9.17) is 0 Å². The van der Waals surface area contributed by atoms with Crippen LogP contribution in [0.25, 0.3) is 0 Å². The standard InChI is InChI=1S/C24H39IO.C18H27IO.C17H25IO.C15H23IO/c1-18(2)21-16-20(17-22(25)23(21)26)24(19(3)4)14-12-10-8-6-5-7-9-11-13-15-24;1-12(2)15-10-14(11-16(19)17(15)20)18(13(3)4)8-6-5-7-9-18;1-11(2)14-9-13(10-15(18)16(14)19)17(12(3)4)7-5-6-8-17;1-9(2)12-7-11(8-13(16)14(12)17)15(5,6)10(3)4/h16-19,26H,5-15H2,1-4H3;10-13,20H,5-9H2,1-4H3;9-12,19H,5-8H2,1-4H3;7-10,17H,1-6H3. The van der Waals surface area contributed by atoms with E-state index >= 15 is 0 Å². The van der Waals surface area contributed by atoms with Crippen LogP contribution >= 0.6 is 90.4 Å². The third-order valence-electron chi connectivity index (χ3n) is 20.6. The minimum absolute atomic E-state index is 0.136. The third-order valence-corrected chi connectivity index (χ3v) is 23.9. The molecule has 0 radical (unpaired) electrons. The van der Waals surface area contributed by atoms with Gasteiger partial charge in [0.2, 0.25) is 0 Å². The molecule has 7 rings (SSSR count). The van der Waals surface area contributed by atoms with Crippen molar-refractivity contribution in [3.63, 3.8) is 0 Å². The molecule has 4 nitrogen and oxygen atoms in total. The van der Waals surface area contributed by atoms with Crippen LogP contribution in [0.2, 0.25) is 0 Å². The van der Waals surface area contributed by atoms with E-state index in [0.29, 0.717) is 81.2 Å². The Kier molecular flexibility index (Phi) is 29.6. The molecule has 0 atom stereocenters. The fraction of sp³-hybridized carbons (Fsp3) is 0.676. The first-order valence-corrected chi connectivity index (χ1v) is 36.8. The quantitative estimate of drug-likeness (QED) is 0.107. The van der Waals surface area contributed by atoms with Crippen LogP contribution in [0.5, 0.6) is 23.0 Å². The van der Waals surface area contributed by atoms with Crippen LogP contribution in [0.4, 0.5) is 0 Å². The summed E-state index contributed by atoms with van der Waals surface area (Å²) in [5, 5.41) is 41.2. The lowest BCUT2D eigenvalue weighted by molar-refractivity contribution is 0.215. The van der Waals surface area contributed by atoms with Crippen molar-refractivity contribution < 1.29 is 20.4 Å². The molecular formula is C74H114I4O4. The molecule has 0 spiro atoms. The second-order valence-electron chi connectivity index (χ2n) is 28.5. The summed E-state index contributed by atoms with van der Waals surface area (Å²) in [6, 6.07) is 17.9. The molecule has 3 aliphatic rings. The molecule has 0 unspecified atom stereocenters. The Labute approximate surface area is 557 Å². The molecule has 4 N–H and O–H groups in total. The first kappa shape index (κ1) is 73.5. The topological polar surface area (TPSA) is 80.9 Å². The van der Waals surface area contributed by atoms with Crippen LogP contribution in [-0.4, -0.2) is 20.4 Å². The second-order valence-corrected chi connectivity index (χ2v) is 33.1. The lowest BCUT2D eigenvalue weighted by Gasteiger charge is -2.42. The van der Waals surface area contributed by atoms with Gasteiger partial charge >= 0.3 is 0 Å². The van der Waals surface area contributed by atoms with Gasteiger partial charge in [-0.05, 0) is 267 Å². The van der Waals surface area contributed by atoms with Gasteiger partial charge in [0.15, 0.2) is 0 Å². The van der Waals surface area contributed by atoms with Crippen LogP contribution in [0.15, 0.2) is 48.5 Å². The minimum atomic E-state index is 0.136. The Bertz CT molecular complexity index is 2600. The zero-order valence-corrected chi connectivity index (χ0v) is 63.3. The monoisotopic (exact) mass is 1570 g/mol. The molecule has 0 amide bonds. The number of phenolic OH excluding ortho intramolecular Hbond substituents is 4. The third kappa shape index (κ3) is 18.3. The van der Waals surface area contributed by atoms with E-state index in [1.807, 2.05) is 0 Å². The fourth-order valence-corrected chi connectivity index (χ4v) is 16.4. The zero-order valence-electron chi connectivity index (χ0n) is 54.7. The van der Waals surface area contributed by atoms with Crippen LogP contribution in [0.3, 0.4) is 0 Å². The molecule has 0 aromatic heterocycles. The van der Waals surface area contributed by atoms with Crippen molar-refractivity contribution in [3.05, 3.63) is 107 Å². The van der Waals surface area contributed by atoms with Crippen molar-refractivity contribution in [2.45, 2.75) is 298 Å². The predicted octanol–water partition coefficient (Wildman–Crippen LogP) is 24.9. The van der Waals surface area contributed by atoms with Gasteiger partial charge < -0.3 is 20.4 Å². The Balaban J connectivity index is 0.000000238. The molecule has 82 heavy (non-hydrogen) atoms. The molecule has 462 valence electrons. The number of aromatic hydroxyl groups is 4. The normalized spacial score (nSPS) is 17.8. The van der Waals surface area contributed by atoms with Gasteiger partial charge in [0, 0.05) is 0 Å². The summed E-state index contributed by atoms with van der Waals surface area (Å²) in [6.07, 6.45) is 27.0. The Hall–Kier alpha value is -1.00. The summed E-state index contributed by atoms with van der Waals surface area (Å²) in [5.41, 5.74) is 11.1. The molecule has 0 saturated heterocycles. The van der Waals surface area contributed by atoms with Crippen molar-refractivity contribution in [3.8, 4) is 23.0 Å². The van der Waals surface area contributed by atoms with Crippen LogP contribution < -0.4 is 0 Å². The van der Waals surface area contributed by atoms with Gasteiger partial charge in [-0.1, -0.05) is 239 Å². The first-order chi connectivity index (χ1) is 38.3. The molecular weight excluding hydrogens is 1460 g/mol. The van der Waals surface area contributed by atoms with Crippen LogP contribution in [0, 0.1) is 38.0 Å². The maximum atomic E-state index is 10.6. The molecule has 3 aliphatic carbocycles. The first-order valence-electron chi connectivity index (χ1n) is 32.4. The van der Waals surface area contributed by atoms with E-state index in [0.717, 1.165) is 36.5 Å². The van der Waals surface area contributed by atoms with Crippen LogP contribution in [0.1, 0.15) is 321 Å². The maximum absolute atomic E-state index is 10.6. The van der Waals surface area contributed by atoms with Gasteiger partial charge in [-0.25, -0.2) is 0 Å². The largest absolute Gasteiger partial charge is 0.507 e. The molecule has 0 bridgehead atoms. The maximum Gasteiger partial charge on any atom is 0.132 e. The number of phenols is 4. The molecule has 3 saturated carbocycles. The van der Waals surface area contributed by atoms with E-state index in [9.17, 15) is 20.4 Å². The summed E-state index contributed by atoms with van der Waals surface area (Å²) >= 11 is 9.11. The summed E-state index contributed by atoms with van der Waals surface area (Å²) in [4.78, 5) is 0. The molecule has 0 heterocycles. The minimum Gasteiger partial charge on any atom is -0.507 e.